The normalized spacial score (nSPS) is 14.7. The average molecular weight is 289 g/mol. The van der Waals surface area contributed by atoms with Crippen molar-refractivity contribution in [2.45, 2.75) is 6.04 Å². The van der Waals surface area contributed by atoms with Crippen LogP contribution in [-0.4, -0.2) is 28.9 Å². The van der Waals surface area contributed by atoms with E-state index in [2.05, 4.69) is 0 Å². The Balaban J connectivity index is 2.17. The van der Waals surface area contributed by atoms with Crippen LogP contribution in [0.4, 0.5) is 4.39 Å². The lowest BCUT2D eigenvalue weighted by molar-refractivity contribution is -0.0236. The zero-order valence-electron chi connectivity index (χ0n) is 11.0. The molecule has 0 saturated carbocycles. The van der Waals surface area contributed by atoms with Gasteiger partial charge in [-0.25, -0.2) is 9.18 Å². The molecule has 1 aromatic carbocycles. The van der Waals surface area contributed by atoms with E-state index in [0.717, 1.165) is 0 Å². The van der Waals surface area contributed by atoms with Crippen LogP contribution < -0.4 is 5.43 Å². The van der Waals surface area contributed by atoms with E-state index in [1.807, 2.05) is 0 Å². The number of nitrogens with zero attached hydrogens (tertiary/aromatic N) is 1. The number of carboxylic acid groups (broad SMARTS) is 1. The molecule has 3 rings (SSSR count). The molecule has 1 aromatic heterocycles. The van der Waals surface area contributed by atoms with Gasteiger partial charge in [-0.2, -0.15) is 0 Å². The SMILES string of the molecule is O=C(O)c1cn(C2COC2)cc(-c2ccc(F)cc2)c1=O. The minimum atomic E-state index is -1.28. The molecule has 0 bridgehead atoms. The number of pyridine rings is 1. The van der Waals surface area contributed by atoms with Gasteiger partial charge in [-0.15, -0.1) is 0 Å². The fourth-order valence-corrected chi connectivity index (χ4v) is 2.19. The number of hydrogen-bond donors (Lipinski definition) is 1. The number of carboxylic acids is 1. The van der Waals surface area contributed by atoms with Crippen molar-refractivity contribution in [1.29, 1.82) is 0 Å². The average Bonchev–Trinajstić information content (AvgIpc) is 2.39. The molecule has 0 atom stereocenters. The number of rotatable bonds is 3. The van der Waals surface area contributed by atoms with Crippen LogP contribution in [0.1, 0.15) is 16.4 Å². The van der Waals surface area contributed by atoms with Gasteiger partial charge in [0.15, 0.2) is 0 Å². The fraction of sp³-hybridized carbons (Fsp3) is 0.200. The van der Waals surface area contributed by atoms with Crippen LogP contribution in [0.25, 0.3) is 11.1 Å². The Hall–Kier alpha value is -2.47. The summed E-state index contributed by atoms with van der Waals surface area (Å²) in [7, 11) is 0. The maximum absolute atomic E-state index is 13.0. The van der Waals surface area contributed by atoms with Gasteiger partial charge >= 0.3 is 5.97 Å². The first kappa shape index (κ1) is 13.5. The molecule has 1 N–H and O–H groups in total. The summed E-state index contributed by atoms with van der Waals surface area (Å²) < 4.78 is 19.7. The third kappa shape index (κ3) is 2.45. The molecule has 5 nitrogen and oxygen atoms in total. The number of aromatic nitrogens is 1. The molecule has 1 fully saturated rings. The molecule has 0 radical (unpaired) electrons. The molecule has 0 aliphatic carbocycles. The summed E-state index contributed by atoms with van der Waals surface area (Å²) in [6, 6.07) is 5.40. The van der Waals surface area contributed by atoms with Crippen molar-refractivity contribution in [2.24, 2.45) is 0 Å². The molecule has 1 saturated heterocycles. The first-order chi connectivity index (χ1) is 10.1. The van der Waals surface area contributed by atoms with Gasteiger partial charge in [0, 0.05) is 18.0 Å². The van der Waals surface area contributed by atoms with Gasteiger partial charge in [0.2, 0.25) is 5.43 Å². The molecule has 2 aromatic rings. The van der Waals surface area contributed by atoms with Crippen molar-refractivity contribution >= 4 is 5.97 Å². The molecule has 6 heteroatoms. The van der Waals surface area contributed by atoms with Crippen molar-refractivity contribution in [2.75, 3.05) is 13.2 Å². The van der Waals surface area contributed by atoms with Crippen LogP contribution in [0.2, 0.25) is 0 Å². The topological polar surface area (TPSA) is 68.5 Å². The summed E-state index contributed by atoms with van der Waals surface area (Å²) in [5.41, 5.74) is -0.158. The Labute approximate surface area is 119 Å². The molecular formula is C15H12FNO4. The van der Waals surface area contributed by atoms with Crippen molar-refractivity contribution < 1.29 is 19.0 Å². The molecule has 0 unspecified atom stereocenters. The van der Waals surface area contributed by atoms with Gasteiger partial charge < -0.3 is 14.4 Å². The van der Waals surface area contributed by atoms with Gasteiger partial charge in [-0.1, -0.05) is 12.1 Å². The summed E-state index contributed by atoms with van der Waals surface area (Å²) in [6.07, 6.45) is 2.92. The molecular weight excluding hydrogens is 277 g/mol. The monoisotopic (exact) mass is 289 g/mol. The second-order valence-electron chi connectivity index (χ2n) is 4.87. The zero-order chi connectivity index (χ0) is 15.0. The first-order valence-corrected chi connectivity index (χ1v) is 6.39. The number of carbonyl (C=O) groups is 1. The molecule has 1 aliphatic rings. The minimum absolute atomic E-state index is 0.0166. The van der Waals surface area contributed by atoms with Gasteiger partial charge in [0.05, 0.1) is 19.3 Å². The molecule has 0 spiro atoms. The van der Waals surface area contributed by atoms with E-state index < -0.39 is 17.2 Å². The Morgan fingerprint density at radius 3 is 2.43 bits per heavy atom. The third-order valence-electron chi connectivity index (χ3n) is 3.47. The number of hydrogen-bond acceptors (Lipinski definition) is 3. The Morgan fingerprint density at radius 2 is 1.90 bits per heavy atom. The Morgan fingerprint density at radius 1 is 1.24 bits per heavy atom. The van der Waals surface area contributed by atoms with E-state index in [1.54, 1.807) is 10.8 Å². The van der Waals surface area contributed by atoms with E-state index in [0.29, 0.717) is 18.8 Å². The van der Waals surface area contributed by atoms with E-state index in [-0.39, 0.29) is 17.2 Å². The second-order valence-corrected chi connectivity index (χ2v) is 4.87. The van der Waals surface area contributed by atoms with Crippen molar-refractivity contribution in [3.63, 3.8) is 0 Å². The van der Waals surface area contributed by atoms with E-state index in [4.69, 9.17) is 4.74 Å². The predicted molar refractivity (Wildman–Crippen MR) is 72.9 cm³/mol. The number of benzene rings is 1. The van der Waals surface area contributed by atoms with E-state index in [9.17, 15) is 19.1 Å². The quantitative estimate of drug-likeness (QED) is 0.937. The van der Waals surface area contributed by atoms with Crippen LogP contribution in [0.3, 0.4) is 0 Å². The number of halogens is 1. The molecule has 0 amide bonds. The van der Waals surface area contributed by atoms with Gasteiger partial charge in [-0.3, -0.25) is 4.79 Å². The predicted octanol–water partition coefficient (Wildman–Crippen LogP) is 1.92. The summed E-state index contributed by atoms with van der Waals surface area (Å²) in [4.78, 5) is 23.5. The highest BCUT2D eigenvalue weighted by Gasteiger charge is 2.23. The number of aromatic carboxylic acids is 1. The van der Waals surface area contributed by atoms with E-state index >= 15 is 0 Å². The van der Waals surface area contributed by atoms with Crippen molar-refractivity contribution in [3.8, 4) is 11.1 Å². The maximum atomic E-state index is 13.0. The lowest BCUT2D eigenvalue weighted by Gasteiger charge is -2.29. The highest BCUT2D eigenvalue weighted by atomic mass is 19.1. The summed E-state index contributed by atoms with van der Waals surface area (Å²) in [6.45, 7) is 0.954. The van der Waals surface area contributed by atoms with Crippen LogP contribution >= 0.6 is 0 Å². The van der Waals surface area contributed by atoms with Gasteiger partial charge in [0.25, 0.3) is 0 Å². The largest absolute Gasteiger partial charge is 0.477 e. The minimum Gasteiger partial charge on any atom is -0.477 e. The summed E-state index contributed by atoms with van der Waals surface area (Å²) in [5, 5.41) is 9.17. The highest BCUT2D eigenvalue weighted by molar-refractivity contribution is 5.88. The smallest absolute Gasteiger partial charge is 0.341 e. The van der Waals surface area contributed by atoms with Crippen LogP contribution in [0, 0.1) is 5.82 Å². The second kappa shape index (κ2) is 5.14. The standard InChI is InChI=1S/C15H12FNO4/c16-10-3-1-9(2-4-10)12-5-17(11-7-21-8-11)6-13(14(12)18)15(19)20/h1-6,11H,7-8H2,(H,19,20). The molecule has 2 heterocycles. The zero-order valence-corrected chi connectivity index (χ0v) is 11.0. The molecule has 1 aliphatic heterocycles. The summed E-state index contributed by atoms with van der Waals surface area (Å²) in [5.74, 6) is -1.70. The number of ether oxygens (including phenoxy) is 1. The Kier molecular flexibility index (Phi) is 3.31. The highest BCUT2D eigenvalue weighted by Crippen LogP contribution is 2.22. The lowest BCUT2D eigenvalue weighted by atomic mass is 10.0. The van der Waals surface area contributed by atoms with Crippen molar-refractivity contribution in [3.05, 3.63) is 58.3 Å². The lowest BCUT2D eigenvalue weighted by Crippen LogP contribution is -2.32. The molecule has 108 valence electrons. The van der Waals surface area contributed by atoms with Gasteiger partial charge in [0.1, 0.15) is 11.4 Å². The maximum Gasteiger partial charge on any atom is 0.341 e. The first-order valence-electron chi connectivity index (χ1n) is 6.39. The van der Waals surface area contributed by atoms with Gasteiger partial charge in [-0.05, 0) is 17.7 Å². The molecule has 21 heavy (non-hydrogen) atoms. The van der Waals surface area contributed by atoms with E-state index in [1.165, 1.54) is 30.5 Å². The third-order valence-corrected chi connectivity index (χ3v) is 3.47. The van der Waals surface area contributed by atoms with Crippen LogP contribution in [0.15, 0.2) is 41.5 Å². The van der Waals surface area contributed by atoms with Crippen LogP contribution in [-0.2, 0) is 4.74 Å². The van der Waals surface area contributed by atoms with Crippen molar-refractivity contribution in [1.82, 2.24) is 4.57 Å². The fourth-order valence-electron chi connectivity index (χ4n) is 2.19. The van der Waals surface area contributed by atoms with Crippen LogP contribution in [0.5, 0.6) is 0 Å². The summed E-state index contributed by atoms with van der Waals surface area (Å²) >= 11 is 0. The Bertz CT molecular complexity index is 747.